The SMILES string of the molecule is O=C(c1ccns1)N1CCC(C(=O)N2N=CCC2c2ccccc2)CC1. The van der Waals surface area contributed by atoms with Crippen LogP contribution in [0.5, 0.6) is 0 Å². The number of likely N-dealkylation sites (tertiary alicyclic amines) is 1. The van der Waals surface area contributed by atoms with E-state index >= 15 is 0 Å². The molecule has 0 bridgehead atoms. The molecule has 7 heteroatoms. The average molecular weight is 368 g/mol. The molecule has 1 unspecified atom stereocenters. The van der Waals surface area contributed by atoms with E-state index in [2.05, 4.69) is 9.47 Å². The Morgan fingerprint density at radius 1 is 1.08 bits per heavy atom. The molecule has 6 nitrogen and oxygen atoms in total. The lowest BCUT2D eigenvalue weighted by atomic mass is 9.94. The number of hydrogen-bond acceptors (Lipinski definition) is 5. The summed E-state index contributed by atoms with van der Waals surface area (Å²) in [5.41, 5.74) is 1.11. The molecule has 134 valence electrons. The van der Waals surface area contributed by atoms with Crippen LogP contribution in [-0.2, 0) is 4.79 Å². The molecule has 1 aromatic carbocycles. The summed E-state index contributed by atoms with van der Waals surface area (Å²) >= 11 is 1.21. The minimum absolute atomic E-state index is 0.0134. The molecule has 1 atom stereocenters. The van der Waals surface area contributed by atoms with Gasteiger partial charge in [-0.3, -0.25) is 9.59 Å². The number of piperidine rings is 1. The highest BCUT2D eigenvalue weighted by atomic mass is 32.1. The van der Waals surface area contributed by atoms with Crippen molar-refractivity contribution in [3.63, 3.8) is 0 Å². The molecule has 2 aliphatic rings. The smallest absolute Gasteiger partial charge is 0.265 e. The van der Waals surface area contributed by atoms with Crippen LogP contribution in [0.3, 0.4) is 0 Å². The van der Waals surface area contributed by atoms with Crippen molar-refractivity contribution in [1.29, 1.82) is 0 Å². The van der Waals surface area contributed by atoms with Crippen LogP contribution in [0.4, 0.5) is 0 Å². The molecule has 0 spiro atoms. The molecule has 0 radical (unpaired) electrons. The van der Waals surface area contributed by atoms with Gasteiger partial charge in [-0.25, -0.2) is 9.38 Å². The Kier molecular flexibility index (Phi) is 4.79. The van der Waals surface area contributed by atoms with Crippen molar-refractivity contribution in [3.05, 3.63) is 53.0 Å². The second-order valence-electron chi connectivity index (χ2n) is 6.59. The van der Waals surface area contributed by atoms with Crippen molar-refractivity contribution < 1.29 is 9.59 Å². The number of carbonyl (C=O) groups excluding carboxylic acids is 2. The first kappa shape index (κ1) is 16.9. The number of nitrogens with zero attached hydrogens (tertiary/aromatic N) is 4. The van der Waals surface area contributed by atoms with Gasteiger partial charge < -0.3 is 4.90 Å². The molecule has 2 amide bonds. The van der Waals surface area contributed by atoms with Crippen LogP contribution in [0.15, 0.2) is 47.7 Å². The zero-order valence-corrected chi connectivity index (χ0v) is 15.1. The van der Waals surface area contributed by atoms with E-state index in [9.17, 15) is 9.59 Å². The van der Waals surface area contributed by atoms with E-state index in [0.29, 0.717) is 30.8 Å². The minimum Gasteiger partial charge on any atom is -0.338 e. The molecule has 1 fully saturated rings. The number of hydrazone groups is 1. The normalized spacial score (nSPS) is 20.5. The zero-order chi connectivity index (χ0) is 17.9. The summed E-state index contributed by atoms with van der Waals surface area (Å²) < 4.78 is 3.99. The van der Waals surface area contributed by atoms with Crippen molar-refractivity contribution in [3.8, 4) is 0 Å². The van der Waals surface area contributed by atoms with Gasteiger partial charge in [0.05, 0.1) is 6.04 Å². The van der Waals surface area contributed by atoms with E-state index in [4.69, 9.17) is 0 Å². The molecule has 0 saturated carbocycles. The number of rotatable bonds is 3. The number of amides is 2. The topological polar surface area (TPSA) is 65.9 Å². The second-order valence-corrected chi connectivity index (χ2v) is 7.42. The Bertz CT molecular complexity index is 798. The van der Waals surface area contributed by atoms with E-state index in [1.54, 1.807) is 17.3 Å². The Morgan fingerprint density at radius 2 is 1.85 bits per heavy atom. The maximum atomic E-state index is 13.0. The largest absolute Gasteiger partial charge is 0.338 e. The highest BCUT2D eigenvalue weighted by Crippen LogP contribution is 2.31. The van der Waals surface area contributed by atoms with Gasteiger partial charge in [0.15, 0.2) is 0 Å². The van der Waals surface area contributed by atoms with E-state index in [0.717, 1.165) is 12.0 Å². The van der Waals surface area contributed by atoms with Crippen LogP contribution in [0.25, 0.3) is 0 Å². The average Bonchev–Trinajstić information content (AvgIpc) is 3.39. The van der Waals surface area contributed by atoms with Crippen molar-refractivity contribution >= 4 is 29.6 Å². The van der Waals surface area contributed by atoms with Gasteiger partial charge in [0.1, 0.15) is 4.88 Å². The monoisotopic (exact) mass is 368 g/mol. The summed E-state index contributed by atoms with van der Waals surface area (Å²) in [6, 6.07) is 11.8. The van der Waals surface area contributed by atoms with E-state index in [1.807, 2.05) is 41.4 Å². The fraction of sp³-hybridized carbons (Fsp3) is 0.368. The van der Waals surface area contributed by atoms with Crippen molar-refractivity contribution in [1.82, 2.24) is 14.3 Å². The number of carbonyl (C=O) groups is 2. The summed E-state index contributed by atoms with van der Waals surface area (Å²) in [7, 11) is 0. The van der Waals surface area contributed by atoms with E-state index in [1.165, 1.54) is 11.5 Å². The standard InChI is InChI=1S/C19H20N4O2S/c24-18(23-16(6-10-20-23)14-4-2-1-3-5-14)15-8-12-22(13-9-15)19(25)17-7-11-21-26-17/h1-5,7,10-11,15-16H,6,8-9,12-13H2. The predicted octanol–water partition coefficient (Wildman–Crippen LogP) is 2.95. The molecule has 3 heterocycles. The minimum atomic E-state index is -0.0815. The Labute approximate surface area is 156 Å². The zero-order valence-electron chi connectivity index (χ0n) is 14.3. The lowest BCUT2D eigenvalue weighted by Crippen LogP contribution is -2.43. The summed E-state index contributed by atoms with van der Waals surface area (Å²) in [4.78, 5) is 27.9. The number of hydrogen-bond donors (Lipinski definition) is 0. The first-order valence-electron chi connectivity index (χ1n) is 8.84. The molecule has 26 heavy (non-hydrogen) atoms. The summed E-state index contributed by atoms with van der Waals surface area (Å²) in [5, 5.41) is 5.97. The van der Waals surface area contributed by atoms with Gasteiger partial charge in [0, 0.05) is 37.8 Å². The van der Waals surface area contributed by atoms with Crippen LogP contribution in [0.1, 0.15) is 40.5 Å². The molecule has 4 rings (SSSR count). The lowest BCUT2D eigenvalue weighted by Gasteiger charge is -2.33. The van der Waals surface area contributed by atoms with Gasteiger partial charge >= 0.3 is 0 Å². The van der Waals surface area contributed by atoms with Gasteiger partial charge in [-0.1, -0.05) is 30.3 Å². The van der Waals surface area contributed by atoms with Crippen LogP contribution in [0, 0.1) is 5.92 Å². The molecular weight excluding hydrogens is 348 g/mol. The van der Waals surface area contributed by atoms with Gasteiger partial charge in [0.25, 0.3) is 5.91 Å². The maximum absolute atomic E-state index is 13.0. The quantitative estimate of drug-likeness (QED) is 0.837. The highest BCUT2D eigenvalue weighted by Gasteiger charge is 2.35. The Balaban J connectivity index is 1.39. The fourth-order valence-corrected chi connectivity index (χ4v) is 4.14. The second kappa shape index (κ2) is 7.37. The van der Waals surface area contributed by atoms with E-state index in [-0.39, 0.29) is 23.8 Å². The lowest BCUT2D eigenvalue weighted by molar-refractivity contribution is -0.138. The van der Waals surface area contributed by atoms with Crippen LogP contribution < -0.4 is 0 Å². The first-order chi connectivity index (χ1) is 12.7. The summed E-state index contributed by atoms with van der Waals surface area (Å²) in [6.45, 7) is 1.20. The third-order valence-electron chi connectivity index (χ3n) is 5.02. The fourth-order valence-electron chi connectivity index (χ4n) is 3.58. The highest BCUT2D eigenvalue weighted by molar-refractivity contribution is 7.08. The Morgan fingerprint density at radius 3 is 2.54 bits per heavy atom. The number of benzene rings is 1. The van der Waals surface area contributed by atoms with Crippen molar-refractivity contribution in [2.24, 2.45) is 11.0 Å². The van der Waals surface area contributed by atoms with Crippen LogP contribution in [-0.4, -0.2) is 45.4 Å². The third kappa shape index (κ3) is 3.26. The van der Waals surface area contributed by atoms with Crippen molar-refractivity contribution in [2.75, 3.05) is 13.1 Å². The molecule has 1 aromatic heterocycles. The maximum Gasteiger partial charge on any atom is 0.265 e. The van der Waals surface area contributed by atoms with Gasteiger partial charge in [-0.05, 0) is 36.0 Å². The number of aromatic nitrogens is 1. The van der Waals surface area contributed by atoms with E-state index < -0.39 is 0 Å². The molecule has 0 N–H and O–H groups in total. The first-order valence-corrected chi connectivity index (χ1v) is 9.62. The van der Waals surface area contributed by atoms with Gasteiger partial charge in [0.2, 0.25) is 5.91 Å². The van der Waals surface area contributed by atoms with Gasteiger partial charge in [-0.15, -0.1) is 0 Å². The summed E-state index contributed by atoms with van der Waals surface area (Å²) in [6.07, 6.45) is 5.56. The predicted molar refractivity (Wildman–Crippen MR) is 99.9 cm³/mol. The van der Waals surface area contributed by atoms with Gasteiger partial charge in [-0.2, -0.15) is 5.10 Å². The van der Waals surface area contributed by atoms with Crippen molar-refractivity contribution in [2.45, 2.75) is 25.3 Å². The molecule has 1 saturated heterocycles. The Hall–Kier alpha value is -2.54. The molecule has 2 aliphatic heterocycles. The third-order valence-corrected chi connectivity index (χ3v) is 5.75. The van der Waals surface area contributed by atoms with Crippen LogP contribution >= 0.6 is 11.5 Å². The molecule has 0 aliphatic carbocycles. The molecule has 2 aromatic rings. The van der Waals surface area contributed by atoms with Crippen LogP contribution in [0.2, 0.25) is 0 Å². The summed E-state index contributed by atoms with van der Waals surface area (Å²) in [5.74, 6) is -0.000723. The molecular formula is C19H20N4O2S.